The van der Waals surface area contributed by atoms with Crippen LogP contribution in [0.5, 0.6) is 0 Å². The quantitative estimate of drug-likeness (QED) is 0.942. The summed E-state index contributed by atoms with van der Waals surface area (Å²) in [6.45, 7) is 2.08. The van der Waals surface area contributed by atoms with Crippen LogP contribution in [0.25, 0.3) is 11.4 Å². The Morgan fingerprint density at radius 3 is 2.50 bits per heavy atom. The van der Waals surface area contributed by atoms with Crippen LogP contribution in [0.1, 0.15) is 30.2 Å². The normalized spacial score (nSPS) is 15.8. The summed E-state index contributed by atoms with van der Waals surface area (Å²) in [4.78, 5) is 4.50. The molecule has 5 nitrogen and oxygen atoms in total. The Labute approximate surface area is 123 Å². The molecule has 0 amide bonds. The summed E-state index contributed by atoms with van der Waals surface area (Å²) in [5.74, 6) is 1.70. The third kappa shape index (κ3) is 3.17. The molecule has 0 aliphatic carbocycles. The maximum absolute atomic E-state index is 5.58. The lowest BCUT2D eigenvalue weighted by Crippen LogP contribution is -2.14. The van der Waals surface area contributed by atoms with Gasteiger partial charge in [-0.3, -0.25) is 0 Å². The van der Waals surface area contributed by atoms with Gasteiger partial charge >= 0.3 is 0 Å². The minimum absolute atomic E-state index is 0. The molecule has 0 spiro atoms. The van der Waals surface area contributed by atoms with Gasteiger partial charge in [-0.25, -0.2) is 0 Å². The van der Waals surface area contributed by atoms with Crippen LogP contribution in [0.2, 0.25) is 0 Å². The summed E-state index contributed by atoms with van der Waals surface area (Å²) < 4.78 is 10.7. The van der Waals surface area contributed by atoms with E-state index < -0.39 is 0 Å². The monoisotopic (exact) mass is 295 g/mol. The number of rotatable bonds is 3. The van der Waals surface area contributed by atoms with E-state index in [9.17, 15) is 0 Å². The second-order valence-electron chi connectivity index (χ2n) is 4.74. The number of ether oxygens (including phenoxy) is 1. The fraction of sp³-hybridized carbons (Fsp3) is 0.429. The van der Waals surface area contributed by atoms with Crippen molar-refractivity contribution in [1.82, 2.24) is 10.1 Å². The van der Waals surface area contributed by atoms with E-state index in [-0.39, 0.29) is 12.4 Å². The van der Waals surface area contributed by atoms with Crippen molar-refractivity contribution < 1.29 is 9.26 Å². The zero-order valence-electron chi connectivity index (χ0n) is 11.1. The number of benzene rings is 1. The van der Waals surface area contributed by atoms with Crippen molar-refractivity contribution in [3.63, 3.8) is 0 Å². The Hall–Kier alpha value is -1.43. The van der Waals surface area contributed by atoms with Crippen LogP contribution in [0.15, 0.2) is 28.8 Å². The molecule has 6 heteroatoms. The SMILES string of the molecule is Cl.NCc1ccc(-c2noc(C3CCOCC3)n2)cc1. The lowest BCUT2D eigenvalue weighted by Gasteiger charge is -2.17. The molecule has 1 aromatic heterocycles. The maximum atomic E-state index is 5.58. The molecule has 2 aromatic rings. The lowest BCUT2D eigenvalue weighted by molar-refractivity contribution is 0.0778. The first-order valence-corrected chi connectivity index (χ1v) is 6.57. The van der Waals surface area contributed by atoms with Gasteiger partial charge in [0.2, 0.25) is 11.7 Å². The molecule has 2 N–H and O–H groups in total. The van der Waals surface area contributed by atoms with E-state index >= 15 is 0 Å². The zero-order chi connectivity index (χ0) is 13.1. The van der Waals surface area contributed by atoms with Gasteiger partial charge in [-0.2, -0.15) is 4.98 Å². The zero-order valence-corrected chi connectivity index (χ0v) is 11.9. The first-order valence-electron chi connectivity index (χ1n) is 6.57. The fourth-order valence-corrected chi connectivity index (χ4v) is 2.25. The first-order chi connectivity index (χ1) is 9.36. The van der Waals surface area contributed by atoms with Crippen LogP contribution in [-0.4, -0.2) is 23.4 Å². The van der Waals surface area contributed by atoms with Gasteiger partial charge in [-0.15, -0.1) is 12.4 Å². The van der Waals surface area contributed by atoms with E-state index in [1.165, 1.54) is 0 Å². The van der Waals surface area contributed by atoms with Crippen molar-refractivity contribution in [2.45, 2.75) is 25.3 Å². The number of hydrogen-bond donors (Lipinski definition) is 1. The van der Waals surface area contributed by atoms with E-state index in [0.717, 1.165) is 43.1 Å². The van der Waals surface area contributed by atoms with Crippen molar-refractivity contribution in [3.8, 4) is 11.4 Å². The Kier molecular flexibility index (Phi) is 5.11. The lowest BCUT2D eigenvalue weighted by atomic mass is 10.0. The van der Waals surface area contributed by atoms with Crippen molar-refractivity contribution in [3.05, 3.63) is 35.7 Å². The standard InChI is InChI=1S/C14H17N3O2.ClH/c15-9-10-1-3-11(4-2-10)13-16-14(19-17-13)12-5-7-18-8-6-12;/h1-4,12H,5-9,15H2;1H. The molecule has 1 fully saturated rings. The van der Waals surface area contributed by atoms with Crippen molar-refractivity contribution >= 4 is 12.4 Å². The highest BCUT2D eigenvalue weighted by Crippen LogP contribution is 2.27. The predicted octanol–water partition coefficient (Wildman–Crippen LogP) is 2.51. The minimum atomic E-state index is 0. The van der Waals surface area contributed by atoms with E-state index in [1.807, 2.05) is 24.3 Å². The fourth-order valence-electron chi connectivity index (χ4n) is 2.25. The van der Waals surface area contributed by atoms with E-state index in [4.69, 9.17) is 15.0 Å². The number of hydrogen-bond acceptors (Lipinski definition) is 5. The van der Waals surface area contributed by atoms with Gasteiger partial charge in [0.15, 0.2) is 0 Å². The molecule has 0 atom stereocenters. The number of halogens is 1. The van der Waals surface area contributed by atoms with Crippen LogP contribution >= 0.6 is 12.4 Å². The second kappa shape index (κ2) is 6.83. The summed E-state index contributed by atoms with van der Waals surface area (Å²) in [5, 5.41) is 4.06. The number of nitrogens with zero attached hydrogens (tertiary/aromatic N) is 2. The number of nitrogens with two attached hydrogens (primary N) is 1. The molecule has 108 valence electrons. The van der Waals surface area contributed by atoms with Crippen molar-refractivity contribution in [2.75, 3.05) is 13.2 Å². The van der Waals surface area contributed by atoms with Gasteiger partial charge in [0, 0.05) is 31.2 Å². The highest BCUT2D eigenvalue weighted by atomic mass is 35.5. The molecule has 0 saturated carbocycles. The second-order valence-corrected chi connectivity index (χ2v) is 4.74. The largest absolute Gasteiger partial charge is 0.381 e. The van der Waals surface area contributed by atoms with E-state index in [1.54, 1.807) is 0 Å². The molecule has 1 aliphatic heterocycles. The van der Waals surface area contributed by atoms with Crippen LogP contribution in [-0.2, 0) is 11.3 Å². The molecular weight excluding hydrogens is 278 g/mol. The van der Waals surface area contributed by atoms with Gasteiger partial charge < -0.3 is 15.0 Å². The molecule has 0 radical (unpaired) electrons. The molecule has 0 unspecified atom stereocenters. The van der Waals surface area contributed by atoms with Gasteiger partial charge in [0.25, 0.3) is 0 Å². The highest BCUT2D eigenvalue weighted by Gasteiger charge is 2.22. The molecule has 3 rings (SSSR count). The topological polar surface area (TPSA) is 74.2 Å². The van der Waals surface area contributed by atoms with Crippen LogP contribution in [0.4, 0.5) is 0 Å². The average molecular weight is 296 g/mol. The van der Waals surface area contributed by atoms with Gasteiger partial charge in [-0.1, -0.05) is 29.4 Å². The van der Waals surface area contributed by atoms with Crippen LogP contribution in [0, 0.1) is 0 Å². The Bertz CT molecular complexity index is 536. The molecule has 2 heterocycles. The Morgan fingerprint density at radius 2 is 1.85 bits per heavy atom. The Morgan fingerprint density at radius 1 is 1.15 bits per heavy atom. The average Bonchev–Trinajstić information content (AvgIpc) is 2.98. The highest BCUT2D eigenvalue weighted by molar-refractivity contribution is 5.85. The summed E-state index contributed by atoms with van der Waals surface area (Å²) in [7, 11) is 0. The summed E-state index contributed by atoms with van der Waals surface area (Å²) >= 11 is 0. The Balaban J connectivity index is 0.00000147. The van der Waals surface area contributed by atoms with Crippen LogP contribution < -0.4 is 5.73 Å². The van der Waals surface area contributed by atoms with Crippen molar-refractivity contribution in [1.29, 1.82) is 0 Å². The smallest absolute Gasteiger partial charge is 0.230 e. The maximum Gasteiger partial charge on any atom is 0.230 e. The van der Waals surface area contributed by atoms with Gasteiger partial charge in [-0.05, 0) is 18.4 Å². The molecule has 1 saturated heterocycles. The minimum Gasteiger partial charge on any atom is -0.381 e. The molecule has 1 aliphatic rings. The summed E-state index contributed by atoms with van der Waals surface area (Å²) in [6.07, 6.45) is 1.90. The van der Waals surface area contributed by atoms with Gasteiger partial charge in [0.05, 0.1) is 0 Å². The van der Waals surface area contributed by atoms with Crippen molar-refractivity contribution in [2.24, 2.45) is 5.73 Å². The molecule has 20 heavy (non-hydrogen) atoms. The van der Waals surface area contributed by atoms with Crippen LogP contribution in [0.3, 0.4) is 0 Å². The predicted molar refractivity (Wildman–Crippen MR) is 77.7 cm³/mol. The van der Waals surface area contributed by atoms with Gasteiger partial charge in [0.1, 0.15) is 0 Å². The molecule has 1 aromatic carbocycles. The third-order valence-electron chi connectivity index (χ3n) is 3.46. The van der Waals surface area contributed by atoms with E-state index in [0.29, 0.717) is 18.3 Å². The summed E-state index contributed by atoms with van der Waals surface area (Å²) in [5.41, 5.74) is 7.63. The number of aromatic nitrogens is 2. The molecule has 0 bridgehead atoms. The van der Waals surface area contributed by atoms with E-state index in [2.05, 4.69) is 10.1 Å². The third-order valence-corrected chi connectivity index (χ3v) is 3.46. The first kappa shape index (κ1) is 15.0. The summed E-state index contributed by atoms with van der Waals surface area (Å²) in [6, 6.07) is 7.92. The molecular formula is C14H18ClN3O2.